The maximum absolute atomic E-state index is 11.8. The van der Waals surface area contributed by atoms with Crippen molar-refractivity contribution in [1.29, 1.82) is 0 Å². The van der Waals surface area contributed by atoms with Crippen LogP contribution in [-0.4, -0.2) is 12.4 Å². The summed E-state index contributed by atoms with van der Waals surface area (Å²) >= 11 is 7.04. The number of thiophene rings is 1. The monoisotopic (exact) mass is 266 g/mol. The van der Waals surface area contributed by atoms with Crippen LogP contribution in [0.4, 0.5) is 0 Å². The summed E-state index contributed by atoms with van der Waals surface area (Å²) in [6, 6.07) is 11.0. The minimum Gasteiger partial charge on any atom is -0.485 e. The number of ether oxygens (including phenoxy) is 1. The summed E-state index contributed by atoms with van der Waals surface area (Å²) in [6.45, 7) is 1.99. The lowest BCUT2D eigenvalue weighted by atomic mass is 10.2. The second-order valence-electron chi connectivity index (χ2n) is 3.58. The quantitative estimate of drug-likeness (QED) is 0.783. The molecule has 0 aliphatic rings. The Kier molecular flexibility index (Phi) is 3.82. The van der Waals surface area contributed by atoms with Crippen LogP contribution < -0.4 is 4.74 Å². The Labute approximate surface area is 109 Å². The van der Waals surface area contributed by atoms with E-state index in [0.29, 0.717) is 9.21 Å². The molecule has 2 aromatic rings. The smallest absolute Gasteiger partial charge is 0.210 e. The van der Waals surface area contributed by atoms with E-state index in [1.54, 1.807) is 12.1 Å². The third-order valence-electron chi connectivity index (χ3n) is 2.30. The number of halogens is 1. The van der Waals surface area contributed by atoms with Crippen LogP contribution in [0.2, 0.25) is 4.34 Å². The Morgan fingerprint density at radius 3 is 2.71 bits per heavy atom. The van der Waals surface area contributed by atoms with Gasteiger partial charge in [0.2, 0.25) is 5.78 Å². The number of carbonyl (C=O) groups is 1. The topological polar surface area (TPSA) is 26.3 Å². The highest BCUT2D eigenvalue weighted by atomic mass is 35.5. The van der Waals surface area contributed by atoms with E-state index in [1.165, 1.54) is 11.3 Å². The molecule has 2 rings (SSSR count). The molecule has 17 heavy (non-hydrogen) atoms. The zero-order valence-corrected chi connectivity index (χ0v) is 10.8. The van der Waals surface area contributed by atoms with E-state index < -0.39 is 0 Å². The van der Waals surface area contributed by atoms with Gasteiger partial charge in [-0.1, -0.05) is 29.8 Å². The van der Waals surface area contributed by atoms with E-state index in [1.807, 2.05) is 31.2 Å². The second-order valence-corrected chi connectivity index (χ2v) is 5.30. The Hall–Kier alpha value is -1.32. The molecule has 1 aromatic carbocycles. The molecular formula is C13H11ClO2S. The van der Waals surface area contributed by atoms with Crippen molar-refractivity contribution in [3.8, 4) is 5.75 Å². The normalized spacial score (nSPS) is 10.2. The van der Waals surface area contributed by atoms with E-state index in [2.05, 4.69) is 0 Å². The molecule has 0 spiro atoms. The maximum atomic E-state index is 11.8. The molecule has 0 N–H and O–H groups in total. The molecule has 0 radical (unpaired) electrons. The van der Waals surface area contributed by atoms with Gasteiger partial charge in [0, 0.05) is 0 Å². The number of para-hydroxylation sites is 1. The number of ketones is 1. The summed E-state index contributed by atoms with van der Waals surface area (Å²) < 4.78 is 6.09. The molecule has 0 atom stereocenters. The zero-order valence-electron chi connectivity index (χ0n) is 9.27. The Bertz CT molecular complexity index is 534. The Balaban J connectivity index is 1.99. The third kappa shape index (κ3) is 3.08. The van der Waals surface area contributed by atoms with Gasteiger partial charge in [0.15, 0.2) is 6.61 Å². The van der Waals surface area contributed by atoms with Gasteiger partial charge in [-0.2, -0.15) is 0 Å². The molecule has 0 saturated heterocycles. The second kappa shape index (κ2) is 5.34. The fourth-order valence-corrected chi connectivity index (χ4v) is 2.36. The first-order valence-electron chi connectivity index (χ1n) is 5.14. The lowest BCUT2D eigenvalue weighted by molar-refractivity contribution is 0.0925. The van der Waals surface area contributed by atoms with Gasteiger partial charge in [-0.3, -0.25) is 4.79 Å². The third-order valence-corrected chi connectivity index (χ3v) is 3.57. The lowest BCUT2D eigenvalue weighted by Gasteiger charge is -2.06. The summed E-state index contributed by atoms with van der Waals surface area (Å²) in [5.41, 5.74) is 1.02. The zero-order chi connectivity index (χ0) is 12.3. The summed E-state index contributed by atoms with van der Waals surface area (Å²) in [5, 5.41) is 0. The lowest BCUT2D eigenvalue weighted by Crippen LogP contribution is -2.10. The van der Waals surface area contributed by atoms with Crippen LogP contribution in [-0.2, 0) is 0 Å². The minimum absolute atomic E-state index is 0.0433. The first-order chi connectivity index (χ1) is 8.16. The summed E-state index contributed by atoms with van der Waals surface area (Å²) in [5.74, 6) is 0.689. The van der Waals surface area contributed by atoms with E-state index in [0.717, 1.165) is 11.3 Å². The predicted octanol–water partition coefficient (Wildman–Crippen LogP) is 3.97. The van der Waals surface area contributed by atoms with Crippen LogP contribution in [0.5, 0.6) is 5.75 Å². The highest BCUT2D eigenvalue weighted by Gasteiger charge is 2.10. The van der Waals surface area contributed by atoms with Crippen molar-refractivity contribution in [3.63, 3.8) is 0 Å². The summed E-state index contributed by atoms with van der Waals surface area (Å²) in [7, 11) is 0. The standard InChI is InChI=1S/C13H11ClO2S/c1-9-4-2-3-5-11(9)16-8-10(15)12-6-7-13(14)17-12/h2-7H,8H2,1H3. The fourth-order valence-electron chi connectivity index (χ4n) is 1.40. The first kappa shape index (κ1) is 12.1. The van der Waals surface area contributed by atoms with Crippen molar-refractivity contribution in [2.45, 2.75) is 6.92 Å². The molecule has 1 aromatic heterocycles. The highest BCUT2D eigenvalue weighted by molar-refractivity contribution is 7.18. The van der Waals surface area contributed by atoms with E-state index in [-0.39, 0.29) is 12.4 Å². The average molecular weight is 267 g/mol. The fraction of sp³-hybridized carbons (Fsp3) is 0.154. The number of hydrogen-bond donors (Lipinski definition) is 0. The number of carbonyl (C=O) groups excluding carboxylic acids is 1. The van der Waals surface area contributed by atoms with Crippen molar-refractivity contribution in [2.75, 3.05) is 6.61 Å². The first-order valence-corrected chi connectivity index (χ1v) is 6.33. The molecule has 0 aliphatic heterocycles. The van der Waals surface area contributed by atoms with Crippen molar-refractivity contribution >= 4 is 28.7 Å². The van der Waals surface area contributed by atoms with E-state index in [9.17, 15) is 4.79 Å². The van der Waals surface area contributed by atoms with Crippen molar-refractivity contribution < 1.29 is 9.53 Å². The SMILES string of the molecule is Cc1ccccc1OCC(=O)c1ccc(Cl)s1. The molecule has 1 heterocycles. The Morgan fingerprint density at radius 2 is 2.06 bits per heavy atom. The van der Waals surface area contributed by atoms with Crippen molar-refractivity contribution in [2.24, 2.45) is 0 Å². The molecule has 0 amide bonds. The van der Waals surface area contributed by atoms with Crippen molar-refractivity contribution in [1.82, 2.24) is 0 Å². The summed E-state index contributed by atoms with van der Waals surface area (Å²) in [4.78, 5) is 12.4. The van der Waals surface area contributed by atoms with E-state index >= 15 is 0 Å². The molecule has 0 bridgehead atoms. The number of benzene rings is 1. The molecule has 2 nitrogen and oxygen atoms in total. The molecule has 0 unspecified atom stereocenters. The van der Waals surface area contributed by atoms with Gasteiger partial charge in [-0.25, -0.2) is 0 Å². The predicted molar refractivity (Wildman–Crippen MR) is 70.3 cm³/mol. The number of aryl methyl sites for hydroxylation is 1. The van der Waals surface area contributed by atoms with Gasteiger partial charge in [0.05, 0.1) is 9.21 Å². The molecule has 4 heteroatoms. The average Bonchev–Trinajstić information content (AvgIpc) is 2.74. The van der Waals surface area contributed by atoms with Gasteiger partial charge >= 0.3 is 0 Å². The highest BCUT2D eigenvalue weighted by Crippen LogP contribution is 2.22. The number of rotatable bonds is 4. The molecule has 0 aliphatic carbocycles. The van der Waals surface area contributed by atoms with Gasteiger partial charge < -0.3 is 4.74 Å². The van der Waals surface area contributed by atoms with Gasteiger partial charge in [0.1, 0.15) is 5.75 Å². The van der Waals surface area contributed by atoms with Gasteiger partial charge in [0.25, 0.3) is 0 Å². The van der Waals surface area contributed by atoms with Gasteiger partial charge in [-0.05, 0) is 30.7 Å². The van der Waals surface area contributed by atoms with E-state index in [4.69, 9.17) is 16.3 Å². The molecule has 88 valence electrons. The van der Waals surface area contributed by atoms with Crippen LogP contribution >= 0.6 is 22.9 Å². The van der Waals surface area contributed by atoms with Crippen LogP contribution in [0, 0.1) is 6.92 Å². The van der Waals surface area contributed by atoms with Crippen LogP contribution in [0.15, 0.2) is 36.4 Å². The largest absolute Gasteiger partial charge is 0.485 e. The van der Waals surface area contributed by atoms with Gasteiger partial charge in [-0.15, -0.1) is 11.3 Å². The van der Waals surface area contributed by atoms with Crippen LogP contribution in [0.1, 0.15) is 15.2 Å². The van der Waals surface area contributed by atoms with Crippen molar-refractivity contribution in [3.05, 3.63) is 51.2 Å². The number of hydrogen-bond acceptors (Lipinski definition) is 3. The number of Topliss-reactive ketones (excluding diaryl/α,β-unsaturated/α-hetero) is 1. The van der Waals surface area contributed by atoms with Crippen LogP contribution in [0.3, 0.4) is 0 Å². The summed E-state index contributed by atoms with van der Waals surface area (Å²) in [6.07, 6.45) is 0. The minimum atomic E-state index is -0.0508. The molecular weight excluding hydrogens is 256 g/mol. The Morgan fingerprint density at radius 1 is 1.29 bits per heavy atom. The maximum Gasteiger partial charge on any atom is 0.210 e. The van der Waals surface area contributed by atoms with Crippen LogP contribution in [0.25, 0.3) is 0 Å². The molecule has 0 fully saturated rings. The molecule has 0 saturated carbocycles.